The predicted molar refractivity (Wildman–Crippen MR) is 182 cm³/mol. The number of para-hydroxylation sites is 6. The van der Waals surface area contributed by atoms with Gasteiger partial charge in [0.1, 0.15) is 11.2 Å². The molecule has 4 aromatic heterocycles. The van der Waals surface area contributed by atoms with Crippen LogP contribution in [-0.4, -0.2) is 24.5 Å². The minimum atomic E-state index is 0.688. The van der Waals surface area contributed by atoms with Crippen LogP contribution in [0.3, 0.4) is 0 Å². The maximum Gasteiger partial charge on any atom is 0.215 e. The first kappa shape index (κ1) is 24.1. The number of aromatic nitrogens is 5. The number of benzene rings is 6. The highest BCUT2D eigenvalue weighted by Crippen LogP contribution is 2.41. The summed E-state index contributed by atoms with van der Waals surface area (Å²) in [4.78, 5) is 19.1. The minimum absolute atomic E-state index is 0.688. The zero-order chi connectivity index (χ0) is 29.5. The molecule has 0 bridgehead atoms. The topological polar surface area (TPSA) is 78.7 Å². The average Bonchev–Trinajstić information content (AvgIpc) is 3.86. The third-order valence-electron chi connectivity index (χ3n) is 8.71. The highest BCUT2D eigenvalue weighted by Gasteiger charge is 2.23. The monoisotopic (exact) mass is 580 g/mol. The fourth-order valence-electron chi connectivity index (χ4n) is 6.74. The molecule has 0 atom stereocenters. The number of imidazole rings is 2. The van der Waals surface area contributed by atoms with Gasteiger partial charge in [-0.2, -0.15) is 0 Å². The zero-order valence-corrected chi connectivity index (χ0v) is 23.9. The van der Waals surface area contributed by atoms with Crippen molar-refractivity contribution in [1.82, 2.24) is 24.5 Å². The first-order valence-electron chi connectivity index (χ1n) is 14.9. The molecular weight excluding hydrogens is 556 g/mol. The van der Waals surface area contributed by atoms with Crippen molar-refractivity contribution in [2.24, 2.45) is 0 Å². The number of nitrogens with zero attached hydrogens (tertiary/aromatic N) is 4. The summed E-state index contributed by atoms with van der Waals surface area (Å²) >= 11 is 0. The van der Waals surface area contributed by atoms with E-state index in [1.807, 2.05) is 66.7 Å². The number of aromatic amines is 2. The summed E-state index contributed by atoms with van der Waals surface area (Å²) in [5, 5.41) is 4.50. The van der Waals surface area contributed by atoms with Gasteiger partial charge in [0.05, 0.1) is 49.9 Å². The van der Waals surface area contributed by atoms with Gasteiger partial charge in [-0.05, 0) is 66.7 Å². The van der Waals surface area contributed by atoms with Gasteiger partial charge >= 0.3 is 0 Å². The van der Waals surface area contributed by atoms with Gasteiger partial charge in [-0.15, -0.1) is 0 Å². The lowest BCUT2D eigenvalue weighted by Gasteiger charge is -2.19. The second-order valence-corrected chi connectivity index (χ2v) is 11.3. The first-order chi connectivity index (χ1) is 22.3. The van der Waals surface area contributed by atoms with E-state index in [0.29, 0.717) is 11.9 Å². The van der Waals surface area contributed by atoms with Crippen LogP contribution in [-0.2, 0) is 0 Å². The van der Waals surface area contributed by atoms with Crippen molar-refractivity contribution in [2.75, 3.05) is 4.90 Å². The van der Waals surface area contributed by atoms with E-state index in [9.17, 15) is 0 Å². The zero-order valence-electron chi connectivity index (χ0n) is 23.9. The Bertz CT molecular complexity index is 2600. The van der Waals surface area contributed by atoms with Crippen LogP contribution in [0.1, 0.15) is 0 Å². The summed E-state index contributed by atoms with van der Waals surface area (Å²) in [6.45, 7) is 0. The maximum atomic E-state index is 6.27. The largest absolute Gasteiger partial charge is 0.456 e. The Balaban J connectivity index is 1.25. The number of rotatable bonds is 4. The van der Waals surface area contributed by atoms with E-state index in [1.54, 1.807) is 0 Å². The van der Waals surface area contributed by atoms with E-state index >= 15 is 0 Å². The van der Waals surface area contributed by atoms with Crippen LogP contribution < -0.4 is 4.90 Å². The van der Waals surface area contributed by atoms with E-state index in [-0.39, 0.29) is 0 Å². The lowest BCUT2D eigenvalue weighted by atomic mass is 10.1. The van der Waals surface area contributed by atoms with E-state index in [1.165, 1.54) is 0 Å². The molecule has 0 saturated heterocycles. The van der Waals surface area contributed by atoms with Crippen LogP contribution in [0.15, 0.2) is 138 Å². The number of hydrogen-bond donors (Lipinski definition) is 2. The highest BCUT2D eigenvalue weighted by atomic mass is 16.3. The lowest BCUT2D eigenvalue weighted by Crippen LogP contribution is -2.13. The van der Waals surface area contributed by atoms with Crippen molar-refractivity contribution in [2.45, 2.75) is 0 Å². The summed E-state index contributed by atoms with van der Waals surface area (Å²) in [7, 11) is 0. The summed E-state index contributed by atoms with van der Waals surface area (Å²) in [5.74, 6) is 1.38. The van der Waals surface area contributed by atoms with Crippen LogP contribution in [0.4, 0.5) is 17.6 Å². The maximum absolute atomic E-state index is 6.27. The van der Waals surface area contributed by atoms with Gasteiger partial charge in [-0.3, -0.25) is 0 Å². The molecule has 10 aromatic rings. The van der Waals surface area contributed by atoms with E-state index in [2.05, 4.69) is 86.2 Å². The molecule has 0 radical (unpaired) electrons. The van der Waals surface area contributed by atoms with Crippen LogP contribution in [0.25, 0.3) is 71.5 Å². The Labute approximate surface area is 256 Å². The number of anilines is 3. The van der Waals surface area contributed by atoms with E-state index in [0.717, 1.165) is 77.2 Å². The Morgan fingerprint density at radius 2 is 1.16 bits per heavy atom. The smallest absolute Gasteiger partial charge is 0.215 e. The van der Waals surface area contributed by atoms with Crippen molar-refractivity contribution in [3.05, 3.63) is 133 Å². The third-order valence-corrected chi connectivity index (χ3v) is 8.71. The quantitative estimate of drug-likeness (QED) is 0.217. The molecule has 0 aliphatic heterocycles. The molecule has 6 aromatic carbocycles. The molecular formula is C38H24N6O. The van der Waals surface area contributed by atoms with Crippen molar-refractivity contribution >= 4 is 83.4 Å². The SMILES string of the molecule is c1ccc2[nH]c(N(c3ccc4c(c3)c3ccccc3n4-c3cccc4oc5ccccc5c34)c3nc4ccccc4[nH]3)nc2c1. The predicted octanol–water partition coefficient (Wildman–Crippen LogP) is 9.91. The normalized spacial score (nSPS) is 12.0. The van der Waals surface area contributed by atoms with Gasteiger partial charge in [-0.25, -0.2) is 14.9 Å². The van der Waals surface area contributed by atoms with Crippen molar-refractivity contribution in [1.29, 1.82) is 0 Å². The van der Waals surface area contributed by atoms with Crippen LogP contribution in [0.5, 0.6) is 0 Å². The van der Waals surface area contributed by atoms with Crippen molar-refractivity contribution in [3.63, 3.8) is 0 Å². The molecule has 0 unspecified atom stereocenters. The minimum Gasteiger partial charge on any atom is -0.456 e. The Morgan fingerprint density at radius 3 is 1.91 bits per heavy atom. The Kier molecular flexibility index (Phi) is 4.87. The molecule has 7 nitrogen and oxygen atoms in total. The van der Waals surface area contributed by atoms with Gasteiger partial charge < -0.3 is 19.0 Å². The van der Waals surface area contributed by atoms with Gasteiger partial charge in [0.15, 0.2) is 0 Å². The molecule has 0 fully saturated rings. The molecule has 0 amide bonds. The molecule has 0 aliphatic carbocycles. The molecule has 0 saturated carbocycles. The lowest BCUT2D eigenvalue weighted by molar-refractivity contribution is 0.669. The van der Waals surface area contributed by atoms with Crippen molar-refractivity contribution in [3.8, 4) is 5.69 Å². The molecule has 0 aliphatic rings. The van der Waals surface area contributed by atoms with Crippen LogP contribution in [0, 0.1) is 0 Å². The van der Waals surface area contributed by atoms with Crippen LogP contribution >= 0.6 is 0 Å². The molecule has 2 N–H and O–H groups in total. The summed E-state index contributed by atoms with van der Waals surface area (Å²) in [6, 6.07) is 45.9. The summed E-state index contributed by atoms with van der Waals surface area (Å²) < 4.78 is 8.63. The summed E-state index contributed by atoms with van der Waals surface area (Å²) in [6.07, 6.45) is 0. The van der Waals surface area contributed by atoms with Gasteiger partial charge in [0, 0.05) is 16.2 Å². The van der Waals surface area contributed by atoms with Crippen LogP contribution in [0.2, 0.25) is 0 Å². The Morgan fingerprint density at radius 1 is 0.533 bits per heavy atom. The Hall–Kier alpha value is -6.34. The van der Waals surface area contributed by atoms with E-state index in [4.69, 9.17) is 14.4 Å². The molecule has 7 heteroatoms. The standard InChI is InChI=1S/C38H24N6O/c1-7-16-31-24(10-1)26-22-23(20-21-32(26)44(31)33-17-9-19-35-36(33)25-11-2-8-18-34(25)45-35)43(37-39-27-12-3-4-13-28(27)40-37)38-41-29-14-5-6-15-30(29)42-38/h1-22H,(H,39,40)(H,41,42). The van der Waals surface area contributed by atoms with Gasteiger partial charge in [-0.1, -0.05) is 66.7 Å². The molecule has 0 spiro atoms. The molecule has 45 heavy (non-hydrogen) atoms. The van der Waals surface area contributed by atoms with E-state index < -0.39 is 0 Å². The number of H-pyrrole nitrogens is 2. The third kappa shape index (κ3) is 3.52. The highest BCUT2D eigenvalue weighted by molar-refractivity contribution is 6.15. The number of fused-ring (bicyclic) bond motifs is 8. The fourth-order valence-corrected chi connectivity index (χ4v) is 6.74. The fraction of sp³-hybridized carbons (Fsp3) is 0. The number of nitrogens with one attached hydrogen (secondary N) is 2. The first-order valence-corrected chi connectivity index (χ1v) is 14.9. The van der Waals surface area contributed by atoms with Gasteiger partial charge in [0.25, 0.3) is 0 Å². The molecule has 10 rings (SSSR count). The van der Waals surface area contributed by atoms with Crippen molar-refractivity contribution < 1.29 is 4.42 Å². The average molecular weight is 581 g/mol. The second-order valence-electron chi connectivity index (χ2n) is 11.3. The van der Waals surface area contributed by atoms with Gasteiger partial charge in [0.2, 0.25) is 11.9 Å². The summed E-state index contributed by atoms with van der Waals surface area (Å²) in [5.41, 5.74) is 9.73. The second kappa shape index (κ2) is 9.08. The molecule has 4 heterocycles. The molecule has 212 valence electrons. The number of furan rings is 1. The number of hydrogen-bond acceptors (Lipinski definition) is 4.